The summed E-state index contributed by atoms with van der Waals surface area (Å²) in [4.78, 5) is 9.12. The monoisotopic (exact) mass is 357 g/mol. The Kier molecular flexibility index (Phi) is 6.49. The van der Waals surface area contributed by atoms with Gasteiger partial charge in [-0.2, -0.15) is 0 Å². The van der Waals surface area contributed by atoms with Crippen LogP contribution in [-0.2, 0) is 13.1 Å². The summed E-state index contributed by atoms with van der Waals surface area (Å²) in [5.74, 6) is 1.84. The van der Waals surface area contributed by atoms with Crippen molar-refractivity contribution in [1.82, 2.24) is 20.3 Å². The van der Waals surface area contributed by atoms with E-state index in [0.717, 1.165) is 56.7 Å². The Balaban J connectivity index is 1.48. The van der Waals surface area contributed by atoms with Crippen molar-refractivity contribution in [2.45, 2.75) is 20.0 Å². The predicted octanol–water partition coefficient (Wildman–Crippen LogP) is 1.97. The molecule has 0 atom stereocenters. The maximum atomic E-state index is 5.57. The van der Waals surface area contributed by atoms with Gasteiger partial charge in [-0.1, -0.05) is 17.3 Å². The molecule has 7 heteroatoms. The molecule has 0 aliphatic carbocycles. The van der Waals surface area contributed by atoms with E-state index < -0.39 is 0 Å². The molecule has 1 aliphatic rings. The van der Waals surface area contributed by atoms with Crippen LogP contribution >= 0.6 is 0 Å². The van der Waals surface area contributed by atoms with Gasteiger partial charge < -0.3 is 19.5 Å². The minimum Gasteiger partial charge on any atom is -0.494 e. The lowest BCUT2D eigenvalue weighted by atomic mass is 10.2. The molecule has 1 N–H and O–H groups in total. The van der Waals surface area contributed by atoms with Crippen LogP contribution in [0.5, 0.6) is 5.75 Å². The van der Waals surface area contributed by atoms with Crippen LogP contribution in [0.4, 0.5) is 0 Å². The molecule has 0 amide bonds. The van der Waals surface area contributed by atoms with Crippen LogP contribution in [0.15, 0.2) is 46.1 Å². The van der Waals surface area contributed by atoms with Gasteiger partial charge in [-0.25, -0.2) is 0 Å². The summed E-state index contributed by atoms with van der Waals surface area (Å²) >= 11 is 0. The van der Waals surface area contributed by atoms with E-state index in [1.807, 2.05) is 32.2 Å². The van der Waals surface area contributed by atoms with Gasteiger partial charge in [0.2, 0.25) is 0 Å². The maximum absolute atomic E-state index is 5.57. The Hall–Kier alpha value is -2.54. The highest BCUT2D eigenvalue weighted by Gasteiger charge is 2.20. The van der Waals surface area contributed by atoms with Gasteiger partial charge >= 0.3 is 0 Å². The third kappa shape index (κ3) is 4.98. The predicted molar refractivity (Wildman–Crippen MR) is 101 cm³/mol. The molecule has 0 spiro atoms. The van der Waals surface area contributed by atoms with Gasteiger partial charge in [0.25, 0.3) is 0 Å². The van der Waals surface area contributed by atoms with E-state index in [1.54, 1.807) is 6.26 Å². The summed E-state index contributed by atoms with van der Waals surface area (Å²) in [6, 6.07) is 10.1. The molecule has 0 bridgehead atoms. The SMILES string of the molecule is CCOc1cccc(CNC(=NC)N2CCN(Cc3ccon3)CC2)c1. The van der Waals surface area contributed by atoms with Gasteiger partial charge in [-0.15, -0.1) is 0 Å². The van der Waals surface area contributed by atoms with Crippen molar-refractivity contribution in [1.29, 1.82) is 0 Å². The number of hydrogen-bond donors (Lipinski definition) is 1. The zero-order valence-corrected chi connectivity index (χ0v) is 15.5. The Labute approximate surface area is 154 Å². The van der Waals surface area contributed by atoms with Crippen molar-refractivity contribution >= 4 is 5.96 Å². The number of nitrogens with zero attached hydrogens (tertiary/aromatic N) is 4. The van der Waals surface area contributed by atoms with Crippen LogP contribution in [-0.4, -0.2) is 60.7 Å². The zero-order chi connectivity index (χ0) is 18.2. The van der Waals surface area contributed by atoms with Crippen molar-refractivity contribution < 1.29 is 9.26 Å². The lowest BCUT2D eigenvalue weighted by Gasteiger charge is -2.36. The molecule has 0 radical (unpaired) electrons. The van der Waals surface area contributed by atoms with Gasteiger partial charge in [0.05, 0.1) is 12.3 Å². The Morgan fingerprint density at radius 3 is 2.81 bits per heavy atom. The third-order valence-corrected chi connectivity index (χ3v) is 4.42. The second-order valence-electron chi connectivity index (χ2n) is 6.24. The molecule has 1 aromatic carbocycles. The first-order chi connectivity index (χ1) is 12.8. The number of aromatic nitrogens is 1. The van der Waals surface area contributed by atoms with Crippen molar-refractivity contribution in [3.63, 3.8) is 0 Å². The summed E-state index contributed by atoms with van der Waals surface area (Å²) in [5, 5.41) is 7.45. The zero-order valence-electron chi connectivity index (χ0n) is 15.5. The first-order valence-corrected chi connectivity index (χ1v) is 9.07. The molecule has 1 fully saturated rings. The van der Waals surface area contributed by atoms with Crippen LogP contribution < -0.4 is 10.1 Å². The molecule has 1 aliphatic heterocycles. The van der Waals surface area contributed by atoms with Crippen LogP contribution in [0.1, 0.15) is 18.2 Å². The molecule has 2 heterocycles. The molecular formula is C19H27N5O2. The lowest BCUT2D eigenvalue weighted by Crippen LogP contribution is -2.52. The first-order valence-electron chi connectivity index (χ1n) is 9.07. The molecule has 26 heavy (non-hydrogen) atoms. The van der Waals surface area contributed by atoms with E-state index in [9.17, 15) is 0 Å². The van der Waals surface area contributed by atoms with Gasteiger partial charge in [0.1, 0.15) is 12.0 Å². The molecule has 7 nitrogen and oxygen atoms in total. The summed E-state index contributed by atoms with van der Waals surface area (Å²) in [6.07, 6.45) is 1.62. The van der Waals surface area contributed by atoms with Crippen LogP contribution in [0, 0.1) is 0 Å². The van der Waals surface area contributed by atoms with Crippen molar-refractivity contribution in [3.05, 3.63) is 47.9 Å². The number of nitrogens with one attached hydrogen (secondary N) is 1. The fourth-order valence-corrected chi connectivity index (χ4v) is 3.09. The van der Waals surface area contributed by atoms with E-state index in [1.165, 1.54) is 5.56 Å². The average Bonchev–Trinajstić information content (AvgIpc) is 3.17. The normalized spacial score (nSPS) is 15.9. The van der Waals surface area contributed by atoms with Crippen LogP contribution in [0.2, 0.25) is 0 Å². The fourth-order valence-electron chi connectivity index (χ4n) is 3.09. The number of rotatable bonds is 6. The van der Waals surface area contributed by atoms with Gasteiger partial charge in [0, 0.05) is 52.4 Å². The van der Waals surface area contributed by atoms with Crippen molar-refractivity contribution in [3.8, 4) is 5.75 Å². The fraction of sp³-hybridized carbons (Fsp3) is 0.474. The van der Waals surface area contributed by atoms with E-state index in [0.29, 0.717) is 6.61 Å². The molecule has 0 saturated carbocycles. The Bertz CT molecular complexity index is 694. The quantitative estimate of drug-likeness (QED) is 0.630. The topological polar surface area (TPSA) is 66.1 Å². The number of hydrogen-bond acceptors (Lipinski definition) is 5. The largest absolute Gasteiger partial charge is 0.494 e. The molecular weight excluding hydrogens is 330 g/mol. The average molecular weight is 357 g/mol. The lowest BCUT2D eigenvalue weighted by molar-refractivity contribution is 0.169. The van der Waals surface area contributed by atoms with E-state index in [2.05, 4.69) is 37.4 Å². The third-order valence-electron chi connectivity index (χ3n) is 4.42. The highest BCUT2D eigenvalue weighted by molar-refractivity contribution is 5.80. The number of piperazine rings is 1. The number of guanidine groups is 1. The highest BCUT2D eigenvalue weighted by Crippen LogP contribution is 2.13. The molecule has 1 aromatic heterocycles. The first kappa shape index (κ1) is 18.3. The van der Waals surface area contributed by atoms with Crippen LogP contribution in [0.25, 0.3) is 0 Å². The summed E-state index contributed by atoms with van der Waals surface area (Å²) in [7, 11) is 1.83. The van der Waals surface area contributed by atoms with Crippen molar-refractivity contribution in [2.24, 2.45) is 4.99 Å². The molecule has 140 valence electrons. The minimum absolute atomic E-state index is 0.678. The van der Waals surface area contributed by atoms with Crippen LogP contribution in [0.3, 0.4) is 0 Å². The van der Waals surface area contributed by atoms with Gasteiger partial charge in [0.15, 0.2) is 5.96 Å². The number of ether oxygens (including phenoxy) is 1. The molecule has 0 unspecified atom stereocenters. The minimum atomic E-state index is 0.678. The van der Waals surface area contributed by atoms with E-state index in [4.69, 9.17) is 9.26 Å². The standard InChI is InChI=1S/C19H27N5O2/c1-3-25-18-6-4-5-16(13-18)14-21-19(20-2)24-10-8-23(9-11-24)15-17-7-12-26-22-17/h4-7,12-13H,3,8-11,14-15H2,1-2H3,(H,20,21). The number of aliphatic imine (C=N–C) groups is 1. The van der Waals surface area contributed by atoms with Gasteiger partial charge in [-0.3, -0.25) is 9.89 Å². The van der Waals surface area contributed by atoms with E-state index >= 15 is 0 Å². The second-order valence-corrected chi connectivity index (χ2v) is 6.24. The summed E-state index contributed by atoms with van der Waals surface area (Å²) < 4.78 is 10.5. The summed E-state index contributed by atoms with van der Waals surface area (Å²) in [5.41, 5.74) is 2.16. The van der Waals surface area contributed by atoms with Crippen molar-refractivity contribution in [2.75, 3.05) is 39.8 Å². The molecule has 3 rings (SSSR count). The number of benzene rings is 1. The van der Waals surface area contributed by atoms with Gasteiger partial charge in [-0.05, 0) is 24.6 Å². The van der Waals surface area contributed by atoms with E-state index in [-0.39, 0.29) is 0 Å². The summed E-state index contributed by atoms with van der Waals surface area (Å²) in [6.45, 7) is 8.08. The maximum Gasteiger partial charge on any atom is 0.194 e. The highest BCUT2D eigenvalue weighted by atomic mass is 16.5. The molecule has 2 aromatic rings. The Morgan fingerprint density at radius 2 is 2.12 bits per heavy atom. The molecule has 1 saturated heterocycles. The Morgan fingerprint density at radius 1 is 1.27 bits per heavy atom. The smallest absolute Gasteiger partial charge is 0.194 e. The second kappa shape index (κ2) is 9.24.